The SMILES string of the molecule is CO[C@@H]1CCC[C@H]1N(C)CC(C)C. The van der Waals surface area contributed by atoms with Crippen molar-refractivity contribution < 1.29 is 4.74 Å². The molecule has 0 radical (unpaired) electrons. The summed E-state index contributed by atoms with van der Waals surface area (Å²) in [5.74, 6) is 0.753. The Kier molecular flexibility index (Phi) is 4.20. The van der Waals surface area contributed by atoms with Crippen LogP contribution in [0.15, 0.2) is 0 Å². The van der Waals surface area contributed by atoms with Crippen molar-refractivity contribution in [3.8, 4) is 0 Å². The number of methoxy groups -OCH3 is 1. The first-order chi connectivity index (χ1) is 6.15. The molecule has 0 aromatic rings. The minimum absolute atomic E-state index is 0.476. The minimum Gasteiger partial charge on any atom is -0.380 e. The van der Waals surface area contributed by atoms with Gasteiger partial charge < -0.3 is 9.64 Å². The van der Waals surface area contributed by atoms with Gasteiger partial charge in [0.15, 0.2) is 0 Å². The third kappa shape index (κ3) is 2.96. The van der Waals surface area contributed by atoms with Crippen molar-refractivity contribution >= 4 is 0 Å². The zero-order chi connectivity index (χ0) is 9.84. The molecule has 0 aliphatic heterocycles. The highest BCUT2D eigenvalue weighted by Gasteiger charge is 2.30. The van der Waals surface area contributed by atoms with Gasteiger partial charge in [0.25, 0.3) is 0 Å². The molecule has 0 heterocycles. The molecule has 78 valence electrons. The van der Waals surface area contributed by atoms with E-state index in [1.807, 2.05) is 7.11 Å². The summed E-state index contributed by atoms with van der Waals surface area (Å²) in [5.41, 5.74) is 0. The molecule has 0 amide bonds. The zero-order valence-electron chi connectivity index (χ0n) is 9.42. The Morgan fingerprint density at radius 2 is 2.08 bits per heavy atom. The average Bonchev–Trinajstić information content (AvgIpc) is 2.49. The van der Waals surface area contributed by atoms with Crippen LogP contribution in [0, 0.1) is 5.92 Å². The van der Waals surface area contributed by atoms with Crippen molar-refractivity contribution in [2.24, 2.45) is 5.92 Å². The van der Waals surface area contributed by atoms with Crippen molar-refractivity contribution in [2.75, 3.05) is 20.7 Å². The molecule has 2 nitrogen and oxygen atoms in total. The molecule has 0 spiro atoms. The Labute approximate surface area is 82.3 Å². The highest BCUT2D eigenvalue weighted by atomic mass is 16.5. The fourth-order valence-corrected chi connectivity index (χ4v) is 2.40. The maximum atomic E-state index is 5.48. The Hall–Kier alpha value is -0.0800. The summed E-state index contributed by atoms with van der Waals surface area (Å²) in [7, 11) is 4.06. The van der Waals surface area contributed by atoms with E-state index in [9.17, 15) is 0 Å². The number of likely N-dealkylation sites (N-methyl/N-ethyl adjacent to an activating group) is 1. The largest absolute Gasteiger partial charge is 0.380 e. The maximum absolute atomic E-state index is 5.48. The smallest absolute Gasteiger partial charge is 0.0726 e. The van der Waals surface area contributed by atoms with Crippen molar-refractivity contribution in [3.63, 3.8) is 0 Å². The maximum Gasteiger partial charge on any atom is 0.0726 e. The molecule has 13 heavy (non-hydrogen) atoms. The topological polar surface area (TPSA) is 12.5 Å². The van der Waals surface area contributed by atoms with Crippen molar-refractivity contribution in [1.82, 2.24) is 4.90 Å². The predicted octanol–water partition coefficient (Wildman–Crippen LogP) is 2.14. The number of hydrogen-bond donors (Lipinski definition) is 0. The van der Waals surface area contributed by atoms with Gasteiger partial charge in [-0.2, -0.15) is 0 Å². The van der Waals surface area contributed by atoms with Crippen LogP contribution < -0.4 is 0 Å². The molecular formula is C11H23NO. The summed E-state index contributed by atoms with van der Waals surface area (Å²) in [5, 5.41) is 0. The second kappa shape index (κ2) is 4.97. The Balaban J connectivity index is 2.40. The molecule has 1 aliphatic rings. The molecule has 0 unspecified atom stereocenters. The fraction of sp³-hybridized carbons (Fsp3) is 1.00. The second-order valence-corrected chi connectivity index (χ2v) is 4.61. The third-order valence-electron chi connectivity index (χ3n) is 2.94. The Morgan fingerprint density at radius 1 is 1.38 bits per heavy atom. The van der Waals surface area contributed by atoms with Gasteiger partial charge in [-0.15, -0.1) is 0 Å². The first-order valence-corrected chi connectivity index (χ1v) is 5.38. The normalized spacial score (nSPS) is 29.1. The van der Waals surface area contributed by atoms with E-state index in [2.05, 4.69) is 25.8 Å². The standard InChI is InChI=1S/C11H23NO/c1-9(2)8-12(3)10-6-5-7-11(10)13-4/h9-11H,5-8H2,1-4H3/t10-,11-/m1/s1. The monoisotopic (exact) mass is 185 g/mol. The van der Waals surface area contributed by atoms with Gasteiger partial charge >= 0.3 is 0 Å². The van der Waals surface area contributed by atoms with E-state index in [1.165, 1.54) is 25.8 Å². The van der Waals surface area contributed by atoms with Gasteiger partial charge in [-0.1, -0.05) is 13.8 Å². The quantitative estimate of drug-likeness (QED) is 0.665. The van der Waals surface area contributed by atoms with Gasteiger partial charge in [-0.25, -0.2) is 0 Å². The van der Waals surface area contributed by atoms with E-state index >= 15 is 0 Å². The number of rotatable bonds is 4. The molecule has 2 heteroatoms. The molecular weight excluding hydrogens is 162 g/mol. The fourth-order valence-electron chi connectivity index (χ4n) is 2.40. The minimum atomic E-state index is 0.476. The molecule has 2 atom stereocenters. The summed E-state index contributed by atoms with van der Waals surface area (Å²) in [6.07, 6.45) is 4.35. The molecule has 0 N–H and O–H groups in total. The summed E-state index contributed by atoms with van der Waals surface area (Å²) >= 11 is 0. The van der Waals surface area contributed by atoms with Gasteiger partial charge in [0.05, 0.1) is 6.10 Å². The van der Waals surface area contributed by atoms with Crippen LogP contribution in [0.3, 0.4) is 0 Å². The van der Waals surface area contributed by atoms with Crippen LogP contribution in [0.4, 0.5) is 0 Å². The van der Waals surface area contributed by atoms with Crippen LogP contribution in [0.5, 0.6) is 0 Å². The van der Waals surface area contributed by atoms with Crippen molar-refractivity contribution in [1.29, 1.82) is 0 Å². The van der Waals surface area contributed by atoms with E-state index < -0.39 is 0 Å². The van der Waals surface area contributed by atoms with Gasteiger partial charge in [-0.05, 0) is 32.2 Å². The van der Waals surface area contributed by atoms with Gasteiger partial charge in [0.2, 0.25) is 0 Å². The number of nitrogens with zero attached hydrogens (tertiary/aromatic N) is 1. The Bertz CT molecular complexity index is 147. The van der Waals surface area contributed by atoms with Crippen LogP contribution in [0.1, 0.15) is 33.1 Å². The molecule has 1 rings (SSSR count). The van der Waals surface area contributed by atoms with Crippen molar-refractivity contribution in [3.05, 3.63) is 0 Å². The van der Waals surface area contributed by atoms with E-state index in [0.717, 1.165) is 5.92 Å². The third-order valence-corrected chi connectivity index (χ3v) is 2.94. The number of hydrogen-bond acceptors (Lipinski definition) is 2. The first-order valence-electron chi connectivity index (χ1n) is 5.38. The highest BCUT2D eigenvalue weighted by Crippen LogP contribution is 2.25. The molecule has 0 aromatic heterocycles. The van der Waals surface area contributed by atoms with E-state index in [4.69, 9.17) is 4.74 Å². The summed E-state index contributed by atoms with van der Waals surface area (Å²) in [4.78, 5) is 2.46. The lowest BCUT2D eigenvalue weighted by atomic mass is 10.1. The molecule has 0 saturated heterocycles. The van der Waals surface area contributed by atoms with E-state index in [0.29, 0.717) is 12.1 Å². The van der Waals surface area contributed by atoms with Crippen LogP contribution in [0.2, 0.25) is 0 Å². The van der Waals surface area contributed by atoms with Crippen LogP contribution in [-0.4, -0.2) is 37.7 Å². The summed E-state index contributed by atoms with van der Waals surface area (Å²) in [6, 6.07) is 0.660. The van der Waals surface area contributed by atoms with Crippen LogP contribution in [-0.2, 0) is 4.74 Å². The lowest BCUT2D eigenvalue weighted by Gasteiger charge is -2.30. The lowest BCUT2D eigenvalue weighted by molar-refractivity contribution is 0.0393. The molecule has 1 aliphatic carbocycles. The number of ether oxygens (including phenoxy) is 1. The summed E-state index contributed by atoms with van der Waals surface area (Å²) < 4.78 is 5.48. The molecule has 0 bridgehead atoms. The van der Waals surface area contributed by atoms with E-state index in [1.54, 1.807) is 0 Å². The molecule has 1 fully saturated rings. The van der Waals surface area contributed by atoms with Crippen LogP contribution in [0.25, 0.3) is 0 Å². The zero-order valence-corrected chi connectivity index (χ0v) is 9.42. The van der Waals surface area contributed by atoms with E-state index in [-0.39, 0.29) is 0 Å². The van der Waals surface area contributed by atoms with Gasteiger partial charge in [-0.3, -0.25) is 0 Å². The van der Waals surface area contributed by atoms with Crippen LogP contribution >= 0.6 is 0 Å². The molecule has 1 saturated carbocycles. The molecule has 0 aromatic carbocycles. The average molecular weight is 185 g/mol. The predicted molar refractivity (Wildman–Crippen MR) is 55.9 cm³/mol. The summed E-state index contributed by atoms with van der Waals surface area (Å²) in [6.45, 7) is 5.73. The first kappa shape index (κ1) is 11.0. The Morgan fingerprint density at radius 3 is 2.62 bits per heavy atom. The second-order valence-electron chi connectivity index (χ2n) is 4.61. The van der Waals surface area contributed by atoms with Gasteiger partial charge in [0.1, 0.15) is 0 Å². The lowest BCUT2D eigenvalue weighted by Crippen LogP contribution is -2.40. The van der Waals surface area contributed by atoms with Gasteiger partial charge in [0, 0.05) is 19.7 Å². The highest BCUT2D eigenvalue weighted by molar-refractivity contribution is 4.85. The van der Waals surface area contributed by atoms with Crippen molar-refractivity contribution in [2.45, 2.75) is 45.3 Å².